The normalized spacial score (nSPS) is 16.2. The van der Waals surface area contributed by atoms with Crippen LogP contribution in [0.25, 0.3) is 0 Å². The number of piperidine rings is 1. The number of nitrogens with one attached hydrogen (secondary N) is 2. The summed E-state index contributed by atoms with van der Waals surface area (Å²) in [6.07, 6.45) is 3.37. The first-order chi connectivity index (χ1) is 16.6. The van der Waals surface area contributed by atoms with Gasteiger partial charge in [-0.1, -0.05) is 30.3 Å². The van der Waals surface area contributed by atoms with Gasteiger partial charge in [0.1, 0.15) is 5.75 Å². The molecule has 0 radical (unpaired) electrons. The number of rotatable bonds is 7. The fraction of sp³-hybridized carbons (Fsp3) is 0.423. The predicted octanol–water partition coefficient (Wildman–Crippen LogP) is 3.25. The number of carbonyl (C=O) groups excluding carboxylic acids is 3. The Morgan fingerprint density at radius 2 is 1.62 bits per heavy atom. The smallest absolute Gasteiger partial charge is 0.321 e. The molecule has 4 rings (SSSR count). The van der Waals surface area contributed by atoms with E-state index in [2.05, 4.69) is 10.6 Å². The molecule has 0 aromatic heterocycles. The first-order valence-electron chi connectivity index (χ1n) is 12.0. The van der Waals surface area contributed by atoms with E-state index in [9.17, 15) is 14.4 Å². The van der Waals surface area contributed by atoms with Crippen molar-refractivity contribution in [2.45, 2.75) is 32.2 Å². The third kappa shape index (κ3) is 6.50. The molecule has 8 nitrogen and oxygen atoms in total. The minimum atomic E-state index is -0.114. The molecule has 180 valence electrons. The molecule has 0 aliphatic carbocycles. The van der Waals surface area contributed by atoms with E-state index in [4.69, 9.17) is 4.74 Å². The summed E-state index contributed by atoms with van der Waals surface area (Å²) in [5.41, 5.74) is 1.66. The third-order valence-corrected chi connectivity index (χ3v) is 6.36. The van der Waals surface area contributed by atoms with E-state index in [0.29, 0.717) is 38.2 Å². The Morgan fingerprint density at radius 1 is 0.882 bits per heavy atom. The zero-order valence-electron chi connectivity index (χ0n) is 19.4. The summed E-state index contributed by atoms with van der Waals surface area (Å²) < 4.78 is 5.55. The quantitative estimate of drug-likeness (QED) is 0.658. The molecule has 2 saturated heterocycles. The van der Waals surface area contributed by atoms with Crippen LogP contribution in [0.3, 0.4) is 0 Å². The number of para-hydroxylation sites is 1. The molecule has 0 saturated carbocycles. The van der Waals surface area contributed by atoms with E-state index in [-0.39, 0.29) is 30.4 Å². The second kappa shape index (κ2) is 11.5. The third-order valence-electron chi connectivity index (χ3n) is 6.36. The minimum Gasteiger partial charge on any atom is -0.484 e. The van der Waals surface area contributed by atoms with Crippen molar-refractivity contribution in [1.29, 1.82) is 0 Å². The molecule has 34 heavy (non-hydrogen) atoms. The molecule has 2 aromatic rings. The number of hydrogen-bond donors (Lipinski definition) is 2. The van der Waals surface area contributed by atoms with Crippen LogP contribution >= 0.6 is 0 Å². The molecule has 4 amide bonds. The van der Waals surface area contributed by atoms with Crippen LogP contribution in [0.2, 0.25) is 0 Å². The largest absolute Gasteiger partial charge is 0.484 e. The molecule has 8 heteroatoms. The zero-order chi connectivity index (χ0) is 23.8. The van der Waals surface area contributed by atoms with Gasteiger partial charge in [0.15, 0.2) is 6.61 Å². The Kier molecular flexibility index (Phi) is 8.01. The van der Waals surface area contributed by atoms with Crippen LogP contribution in [0.4, 0.5) is 10.5 Å². The predicted molar refractivity (Wildman–Crippen MR) is 129 cm³/mol. The maximum atomic E-state index is 12.7. The number of anilines is 1. The second-order valence-corrected chi connectivity index (χ2v) is 8.80. The molecule has 2 aliphatic rings. The molecular weight excluding hydrogens is 432 g/mol. The SMILES string of the molecule is O=C(NCc1cccc(NC(=O)N2CCCC2)c1)C1CCN(C(=O)COc2ccccc2)CC1. The van der Waals surface area contributed by atoms with Crippen molar-refractivity contribution in [3.8, 4) is 5.75 Å². The highest BCUT2D eigenvalue weighted by molar-refractivity contribution is 5.89. The van der Waals surface area contributed by atoms with Gasteiger partial charge in [-0.2, -0.15) is 0 Å². The first-order valence-corrected chi connectivity index (χ1v) is 12.0. The Balaban J connectivity index is 1.18. The molecule has 2 N–H and O–H groups in total. The van der Waals surface area contributed by atoms with Crippen molar-refractivity contribution in [3.05, 3.63) is 60.2 Å². The Bertz CT molecular complexity index is 983. The maximum Gasteiger partial charge on any atom is 0.321 e. The number of ether oxygens (including phenoxy) is 1. The van der Waals surface area contributed by atoms with Crippen molar-refractivity contribution in [1.82, 2.24) is 15.1 Å². The summed E-state index contributed by atoms with van der Waals surface area (Å²) in [7, 11) is 0. The van der Waals surface area contributed by atoms with E-state index in [1.165, 1.54) is 0 Å². The highest BCUT2D eigenvalue weighted by atomic mass is 16.5. The molecule has 2 heterocycles. The number of likely N-dealkylation sites (tertiary alicyclic amines) is 2. The monoisotopic (exact) mass is 464 g/mol. The Hall–Kier alpha value is -3.55. The molecule has 2 aliphatic heterocycles. The molecule has 2 fully saturated rings. The van der Waals surface area contributed by atoms with Gasteiger partial charge < -0.3 is 25.2 Å². The number of nitrogens with zero attached hydrogens (tertiary/aromatic N) is 2. The van der Waals surface area contributed by atoms with Crippen LogP contribution in [0.5, 0.6) is 5.75 Å². The van der Waals surface area contributed by atoms with Gasteiger partial charge in [0.2, 0.25) is 5.91 Å². The van der Waals surface area contributed by atoms with Crippen molar-refractivity contribution >= 4 is 23.5 Å². The molecule has 0 spiro atoms. The molecule has 0 unspecified atom stereocenters. The van der Waals surface area contributed by atoms with Crippen LogP contribution in [0.1, 0.15) is 31.2 Å². The lowest BCUT2D eigenvalue weighted by molar-refractivity contribution is -0.137. The lowest BCUT2D eigenvalue weighted by Gasteiger charge is -2.31. The number of hydrogen-bond acceptors (Lipinski definition) is 4. The van der Waals surface area contributed by atoms with Crippen LogP contribution in [0.15, 0.2) is 54.6 Å². The fourth-order valence-electron chi connectivity index (χ4n) is 4.36. The lowest BCUT2D eigenvalue weighted by Crippen LogP contribution is -2.44. The highest BCUT2D eigenvalue weighted by Crippen LogP contribution is 2.19. The average Bonchev–Trinajstić information content (AvgIpc) is 3.42. The molecular formula is C26H32N4O4. The number of benzene rings is 2. The minimum absolute atomic E-state index is 0.000796. The number of urea groups is 1. The molecule has 0 bridgehead atoms. The number of carbonyl (C=O) groups is 3. The van der Waals surface area contributed by atoms with Gasteiger partial charge in [-0.3, -0.25) is 9.59 Å². The fourth-order valence-corrected chi connectivity index (χ4v) is 4.36. The van der Waals surface area contributed by atoms with E-state index < -0.39 is 0 Å². The van der Waals surface area contributed by atoms with Crippen LogP contribution in [-0.2, 0) is 16.1 Å². The van der Waals surface area contributed by atoms with Gasteiger partial charge in [-0.15, -0.1) is 0 Å². The van der Waals surface area contributed by atoms with Crippen molar-refractivity contribution < 1.29 is 19.1 Å². The molecule has 2 aromatic carbocycles. The first kappa shape index (κ1) is 23.6. The van der Waals surface area contributed by atoms with E-state index in [1.807, 2.05) is 59.5 Å². The van der Waals surface area contributed by atoms with Crippen LogP contribution < -0.4 is 15.4 Å². The maximum absolute atomic E-state index is 12.7. The summed E-state index contributed by atoms with van der Waals surface area (Å²) >= 11 is 0. The van der Waals surface area contributed by atoms with Gasteiger partial charge in [0.25, 0.3) is 5.91 Å². The van der Waals surface area contributed by atoms with Crippen molar-refractivity contribution in [2.24, 2.45) is 5.92 Å². The summed E-state index contributed by atoms with van der Waals surface area (Å²) in [6.45, 7) is 3.10. The lowest BCUT2D eigenvalue weighted by atomic mass is 9.95. The summed E-state index contributed by atoms with van der Waals surface area (Å²) in [4.78, 5) is 41.0. The Morgan fingerprint density at radius 3 is 2.35 bits per heavy atom. The van der Waals surface area contributed by atoms with Crippen molar-refractivity contribution in [3.63, 3.8) is 0 Å². The van der Waals surface area contributed by atoms with E-state index in [0.717, 1.165) is 37.2 Å². The second-order valence-electron chi connectivity index (χ2n) is 8.80. The highest BCUT2D eigenvalue weighted by Gasteiger charge is 2.27. The Labute approximate surface area is 200 Å². The average molecular weight is 465 g/mol. The van der Waals surface area contributed by atoms with E-state index in [1.54, 1.807) is 4.90 Å². The standard InChI is InChI=1S/C26H32N4O4/c31-24(19-34-23-9-2-1-3-10-23)29-15-11-21(12-16-29)25(32)27-18-20-7-6-8-22(17-20)28-26(33)30-13-4-5-14-30/h1-3,6-10,17,21H,4-5,11-16,18-19H2,(H,27,32)(H,28,33). The van der Waals surface area contributed by atoms with Crippen molar-refractivity contribution in [2.75, 3.05) is 38.1 Å². The van der Waals surface area contributed by atoms with Gasteiger partial charge >= 0.3 is 6.03 Å². The number of amides is 4. The van der Waals surface area contributed by atoms with Crippen LogP contribution in [-0.4, -0.2) is 60.4 Å². The van der Waals surface area contributed by atoms with Crippen LogP contribution in [0, 0.1) is 5.92 Å². The summed E-state index contributed by atoms with van der Waals surface area (Å²) in [5.74, 6) is 0.497. The van der Waals surface area contributed by atoms with Gasteiger partial charge in [-0.25, -0.2) is 4.79 Å². The van der Waals surface area contributed by atoms with Gasteiger partial charge in [0.05, 0.1) is 0 Å². The summed E-state index contributed by atoms with van der Waals surface area (Å²) in [5, 5.41) is 5.94. The zero-order valence-corrected chi connectivity index (χ0v) is 19.4. The topological polar surface area (TPSA) is 91.0 Å². The summed E-state index contributed by atoms with van der Waals surface area (Å²) in [6, 6.07) is 16.7. The van der Waals surface area contributed by atoms with Gasteiger partial charge in [-0.05, 0) is 55.5 Å². The van der Waals surface area contributed by atoms with E-state index >= 15 is 0 Å². The van der Waals surface area contributed by atoms with Gasteiger partial charge in [0, 0.05) is 44.3 Å². The molecule has 0 atom stereocenters.